The second-order valence-corrected chi connectivity index (χ2v) is 5.18. The third-order valence-corrected chi connectivity index (χ3v) is 4.00. The number of hydrogen-bond donors (Lipinski definition) is 2. The maximum Gasteiger partial charge on any atom is 0.191 e. The molecule has 0 spiro atoms. The van der Waals surface area contributed by atoms with E-state index < -0.39 is 0 Å². The normalized spacial score (nSPS) is 29.5. The van der Waals surface area contributed by atoms with Gasteiger partial charge in [0.15, 0.2) is 5.96 Å². The Kier molecular flexibility index (Phi) is 4.30. The molecule has 3 heteroatoms. The predicted octanol–water partition coefficient (Wildman–Crippen LogP) is 1.75. The highest BCUT2D eigenvalue weighted by Crippen LogP contribution is 2.44. The lowest BCUT2D eigenvalue weighted by Gasteiger charge is -2.22. The second kappa shape index (κ2) is 5.95. The van der Waals surface area contributed by atoms with Crippen LogP contribution in [0.15, 0.2) is 4.99 Å². The van der Waals surface area contributed by atoms with Gasteiger partial charge in [0.2, 0.25) is 0 Å². The number of nitrogens with zero attached hydrogens (tertiary/aromatic N) is 1. The van der Waals surface area contributed by atoms with Crippen molar-refractivity contribution in [1.82, 2.24) is 10.6 Å². The van der Waals surface area contributed by atoms with Crippen molar-refractivity contribution >= 4 is 5.96 Å². The van der Waals surface area contributed by atoms with E-state index in [1.165, 1.54) is 38.5 Å². The van der Waals surface area contributed by atoms with Gasteiger partial charge in [-0.1, -0.05) is 38.0 Å². The summed E-state index contributed by atoms with van der Waals surface area (Å²) in [6.07, 6.45) is 13.7. The van der Waals surface area contributed by atoms with E-state index in [4.69, 9.17) is 6.42 Å². The van der Waals surface area contributed by atoms with Gasteiger partial charge in [-0.3, -0.25) is 4.99 Å². The van der Waals surface area contributed by atoms with E-state index in [1.807, 2.05) is 0 Å². The maximum atomic E-state index is 5.23. The summed E-state index contributed by atoms with van der Waals surface area (Å²) in [5.41, 5.74) is 0. The standard InChI is InChI=1S/C14H23N3/c1-3-9-16-14(15-2)17-13-10-12(13)11-7-5-4-6-8-11/h1,11-13H,4-10H2,2H3,(H2,15,16,17). The van der Waals surface area contributed by atoms with Gasteiger partial charge in [0.1, 0.15) is 0 Å². The van der Waals surface area contributed by atoms with Crippen LogP contribution in [-0.2, 0) is 0 Å². The van der Waals surface area contributed by atoms with Gasteiger partial charge >= 0.3 is 0 Å². The van der Waals surface area contributed by atoms with E-state index >= 15 is 0 Å². The molecule has 0 aromatic rings. The number of rotatable bonds is 3. The molecule has 2 rings (SSSR count). The van der Waals surface area contributed by atoms with Crippen molar-refractivity contribution in [3.63, 3.8) is 0 Å². The zero-order valence-electron chi connectivity index (χ0n) is 10.7. The van der Waals surface area contributed by atoms with Gasteiger partial charge in [0, 0.05) is 13.1 Å². The minimum absolute atomic E-state index is 0.542. The molecule has 2 aliphatic rings. The summed E-state index contributed by atoms with van der Waals surface area (Å²) in [7, 11) is 1.80. The third kappa shape index (κ3) is 3.39. The molecule has 0 radical (unpaired) electrons. The Morgan fingerprint density at radius 3 is 2.76 bits per heavy atom. The second-order valence-electron chi connectivity index (χ2n) is 5.18. The number of terminal acetylenes is 1. The Hall–Kier alpha value is -1.17. The SMILES string of the molecule is C#CCNC(=NC)NC1CC1C1CCCCC1. The first-order chi connectivity index (χ1) is 8.35. The van der Waals surface area contributed by atoms with Crippen molar-refractivity contribution < 1.29 is 0 Å². The molecule has 2 fully saturated rings. The number of hydrogen-bond acceptors (Lipinski definition) is 1. The van der Waals surface area contributed by atoms with Crippen LogP contribution in [0.5, 0.6) is 0 Å². The third-order valence-electron chi connectivity index (χ3n) is 4.00. The molecular weight excluding hydrogens is 210 g/mol. The van der Waals surface area contributed by atoms with Gasteiger partial charge in [0.05, 0.1) is 6.54 Å². The number of nitrogens with one attached hydrogen (secondary N) is 2. The first-order valence-corrected chi connectivity index (χ1v) is 6.75. The van der Waals surface area contributed by atoms with Crippen LogP contribution in [0.25, 0.3) is 0 Å². The lowest BCUT2D eigenvalue weighted by Crippen LogP contribution is -2.39. The fourth-order valence-electron chi connectivity index (χ4n) is 2.97. The summed E-state index contributed by atoms with van der Waals surface area (Å²) >= 11 is 0. The molecule has 0 aromatic heterocycles. The number of guanidine groups is 1. The minimum Gasteiger partial charge on any atom is -0.353 e. The molecular formula is C14H23N3. The first-order valence-electron chi connectivity index (χ1n) is 6.75. The highest BCUT2D eigenvalue weighted by atomic mass is 15.2. The molecule has 94 valence electrons. The van der Waals surface area contributed by atoms with E-state index in [1.54, 1.807) is 7.05 Å². The zero-order valence-corrected chi connectivity index (χ0v) is 10.7. The maximum absolute atomic E-state index is 5.23. The molecule has 2 aliphatic carbocycles. The van der Waals surface area contributed by atoms with Gasteiger partial charge in [0.25, 0.3) is 0 Å². The van der Waals surface area contributed by atoms with Crippen LogP contribution in [0.2, 0.25) is 0 Å². The fourth-order valence-corrected chi connectivity index (χ4v) is 2.97. The Morgan fingerprint density at radius 2 is 2.12 bits per heavy atom. The van der Waals surface area contributed by atoms with Crippen LogP contribution in [0.4, 0.5) is 0 Å². The van der Waals surface area contributed by atoms with Crippen molar-refractivity contribution in [2.24, 2.45) is 16.8 Å². The van der Waals surface area contributed by atoms with Crippen LogP contribution < -0.4 is 10.6 Å². The van der Waals surface area contributed by atoms with Crippen molar-refractivity contribution in [3.8, 4) is 12.3 Å². The molecule has 0 aliphatic heterocycles. The number of aliphatic imine (C=N–C) groups is 1. The molecule has 0 heterocycles. The van der Waals surface area contributed by atoms with Gasteiger partial charge in [-0.15, -0.1) is 6.42 Å². The molecule has 2 N–H and O–H groups in total. The smallest absolute Gasteiger partial charge is 0.191 e. The predicted molar refractivity (Wildman–Crippen MR) is 71.8 cm³/mol. The fraction of sp³-hybridized carbons (Fsp3) is 0.786. The van der Waals surface area contributed by atoms with Crippen LogP contribution in [-0.4, -0.2) is 25.6 Å². The van der Waals surface area contributed by atoms with Crippen molar-refractivity contribution in [3.05, 3.63) is 0 Å². The summed E-state index contributed by atoms with van der Waals surface area (Å²) in [6, 6.07) is 0.627. The van der Waals surface area contributed by atoms with Crippen LogP contribution in [0.1, 0.15) is 38.5 Å². The molecule has 17 heavy (non-hydrogen) atoms. The first kappa shape index (κ1) is 12.3. The highest BCUT2D eigenvalue weighted by molar-refractivity contribution is 5.80. The van der Waals surface area contributed by atoms with Crippen molar-refractivity contribution in [2.45, 2.75) is 44.6 Å². The van der Waals surface area contributed by atoms with Gasteiger partial charge in [-0.25, -0.2) is 0 Å². The molecule has 2 saturated carbocycles. The van der Waals surface area contributed by atoms with Crippen LogP contribution in [0.3, 0.4) is 0 Å². The molecule has 0 saturated heterocycles. The Bertz CT molecular complexity index is 310. The molecule has 0 aromatic carbocycles. The lowest BCUT2D eigenvalue weighted by atomic mass is 9.85. The van der Waals surface area contributed by atoms with Crippen LogP contribution in [0, 0.1) is 24.2 Å². The van der Waals surface area contributed by atoms with E-state index in [0.717, 1.165) is 17.8 Å². The lowest BCUT2D eigenvalue weighted by molar-refractivity contribution is 0.315. The topological polar surface area (TPSA) is 36.4 Å². The van der Waals surface area contributed by atoms with Crippen LogP contribution >= 0.6 is 0 Å². The van der Waals surface area contributed by atoms with E-state index in [9.17, 15) is 0 Å². The van der Waals surface area contributed by atoms with Gasteiger partial charge < -0.3 is 10.6 Å². The minimum atomic E-state index is 0.542. The van der Waals surface area contributed by atoms with Gasteiger partial charge in [-0.05, 0) is 18.3 Å². The highest BCUT2D eigenvalue weighted by Gasteiger charge is 2.43. The molecule has 2 atom stereocenters. The molecule has 0 amide bonds. The molecule has 3 nitrogen and oxygen atoms in total. The average Bonchev–Trinajstić information content (AvgIpc) is 3.15. The zero-order chi connectivity index (χ0) is 12.1. The largest absolute Gasteiger partial charge is 0.353 e. The van der Waals surface area contributed by atoms with Gasteiger partial charge in [-0.2, -0.15) is 0 Å². The Labute approximate surface area is 104 Å². The van der Waals surface area contributed by atoms with Crippen molar-refractivity contribution in [2.75, 3.05) is 13.6 Å². The monoisotopic (exact) mass is 233 g/mol. The summed E-state index contributed by atoms with van der Waals surface area (Å²) < 4.78 is 0. The summed E-state index contributed by atoms with van der Waals surface area (Å²) in [6.45, 7) is 0.542. The van der Waals surface area contributed by atoms with E-state index in [0.29, 0.717) is 12.6 Å². The average molecular weight is 233 g/mol. The summed E-state index contributed by atoms with van der Waals surface area (Å²) in [5.74, 6) is 5.25. The summed E-state index contributed by atoms with van der Waals surface area (Å²) in [5, 5.41) is 6.58. The van der Waals surface area contributed by atoms with E-state index in [2.05, 4.69) is 21.5 Å². The Morgan fingerprint density at radius 1 is 1.35 bits per heavy atom. The van der Waals surface area contributed by atoms with E-state index in [-0.39, 0.29) is 0 Å². The molecule has 2 unspecified atom stereocenters. The Balaban J connectivity index is 1.73. The summed E-state index contributed by atoms with van der Waals surface area (Å²) in [4.78, 5) is 4.18. The molecule has 0 bridgehead atoms. The quantitative estimate of drug-likeness (QED) is 0.443. The van der Waals surface area contributed by atoms with Crippen molar-refractivity contribution in [1.29, 1.82) is 0 Å².